The van der Waals surface area contributed by atoms with Crippen molar-refractivity contribution in [2.24, 2.45) is 0 Å². The third-order valence-corrected chi connectivity index (χ3v) is 6.23. The van der Waals surface area contributed by atoms with Gasteiger partial charge in [-0.3, -0.25) is 0 Å². The average Bonchev–Trinajstić information content (AvgIpc) is 3.02. The lowest BCUT2D eigenvalue weighted by molar-refractivity contribution is -0.955. The Hall–Kier alpha value is -2.40. The highest BCUT2D eigenvalue weighted by atomic mass is 16.7. The van der Waals surface area contributed by atoms with Gasteiger partial charge in [-0.25, -0.2) is 0 Å². The van der Waals surface area contributed by atoms with Gasteiger partial charge in [0.2, 0.25) is 6.79 Å². The first-order chi connectivity index (χ1) is 12.0. The quantitative estimate of drug-likeness (QED) is 0.811. The Bertz CT molecular complexity index is 890. The number of hydrogen-bond acceptors (Lipinski definition) is 4. The maximum absolute atomic E-state index is 10.3. The molecule has 0 saturated heterocycles. The number of methoxy groups -OCH3 is 1. The summed E-state index contributed by atoms with van der Waals surface area (Å²) in [6, 6.07) is 8.87. The van der Waals surface area contributed by atoms with Crippen LogP contribution in [0.25, 0.3) is 0 Å². The van der Waals surface area contributed by atoms with Gasteiger partial charge in [0, 0.05) is 24.0 Å². The maximum Gasteiger partial charge on any atom is 0.231 e. The smallest absolute Gasteiger partial charge is 0.231 e. The van der Waals surface area contributed by atoms with Crippen molar-refractivity contribution in [1.29, 1.82) is 0 Å². The minimum Gasteiger partial charge on any atom is -0.504 e. The Kier molecular flexibility index (Phi) is 2.87. The van der Waals surface area contributed by atoms with Crippen molar-refractivity contribution in [3.63, 3.8) is 0 Å². The second-order valence-corrected chi connectivity index (χ2v) is 7.70. The molecule has 5 heteroatoms. The van der Waals surface area contributed by atoms with E-state index in [0.29, 0.717) is 24.6 Å². The van der Waals surface area contributed by atoms with Gasteiger partial charge in [0.05, 0.1) is 21.2 Å². The molecule has 0 fully saturated rings. The molecule has 3 aliphatic rings. The summed E-state index contributed by atoms with van der Waals surface area (Å²) in [6.07, 6.45) is 1.84. The van der Waals surface area contributed by atoms with Crippen LogP contribution >= 0.6 is 0 Å². The summed E-state index contributed by atoms with van der Waals surface area (Å²) in [4.78, 5) is 0. The Morgan fingerprint density at radius 1 is 0.960 bits per heavy atom. The van der Waals surface area contributed by atoms with Gasteiger partial charge in [-0.05, 0) is 35.4 Å². The van der Waals surface area contributed by atoms with Gasteiger partial charge in [0.1, 0.15) is 12.1 Å². The number of quaternary nitrogens is 1. The molecule has 5 rings (SSSR count). The van der Waals surface area contributed by atoms with Gasteiger partial charge in [-0.15, -0.1) is 0 Å². The topological polar surface area (TPSA) is 47.9 Å². The normalized spacial score (nSPS) is 24.4. The van der Waals surface area contributed by atoms with E-state index >= 15 is 0 Å². The zero-order chi connectivity index (χ0) is 17.3. The second-order valence-electron chi connectivity index (χ2n) is 7.70. The first-order valence-electron chi connectivity index (χ1n) is 8.64. The second kappa shape index (κ2) is 4.82. The Labute approximate surface area is 146 Å². The largest absolute Gasteiger partial charge is 0.504 e. The summed E-state index contributed by atoms with van der Waals surface area (Å²) >= 11 is 0. The molecule has 5 nitrogen and oxygen atoms in total. The molecule has 2 bridgehead atoms. The zero-order valence-electron chi connectivity index (χ0n) is 14.7. The number of nitrogens with zero attached hydrogens (tertiary/aromatic N) is 1. The molecule has 0 spiro atoms. The molecule has 2 atom stereocenters. The molecular formula is C20H22NO4+. The van der Waals surface area contributed by atoms with Crippen LogP contribution in [-0.2, 0) is 12.8 Å². The Morgan fingerprint density at radius 2 is 1.56 bits per heavy atom. The highest BCUT2D eigenvalue weighted by molar-refractivity contribution is 5.54. The SMILES string of the molecule is COc1cc2c(cc1O)[C@@H]1Cc3cc4c(cc3[C@H](C2)[N+]1(C)C)OCO4. The minimum atomic E-state index is 0.219. The van der Waals surface area contributed by atoms with Crippen molar-refractivity contribution in [3.8, 4) is 23.0 Å². The Balaban J connectivity index is 1.69. The first kappa shape index (κ1) is 14.9. The van der Waals surface area contributed by atoms with Gasteiger partial charge < -0.3 is 23.8 Å². The van der Waals surface area contributed by atoms with Crippen molar-refractivity contribution < 1.29 is 23.8 Å². The lowest BCUT2D eigenvalue weighted by atomic mass is 9.75. The number of rotatable bonds is 1. The molecule has 1 N–H and O–H groups in total. The zero-order valence-corrected chi connectivity index (χ0v) is 14.7. The summed E-state index contributed by atoms with van der Waals surface area (Å²) < 4.78 is 17.4. The van der Waals surface area contributed by atoms with Crippen LogP contribution in [0.5, 0.6) is 23.0 Å². The molecule has 0 saturated carbocycles. The fourth-order valence-electron chi connectivity index (χ4n) is 4.81. The number of fused-ring (bicyclic) bond motifs is 7. The number of hydrogen-bond donors (Lipinski definition) is 1. The molecule has 2 aromatic rings. The summed E-state index contributed by atoms with van der Waals surface area (Å²) in [7, 11) is 6.17. The lowest BCUT2D eigenvalue weighted by Crippen LogP contribution is -2.53. The van der Waals surface area contributed by atoms with Crippen LogP contribution in [0.4, 0.5) is 0 Å². The van der Waals surface area contributed by atoms with E-state index in [1.807, 2.05) is 12.1 Å². The number of ether oxygens (including phenoxy) is 3. The predicted octanol–water partition coefficient (Wildman–Crippen LogP) is 3.10. The van der Waals surface area contributed by atoms with E-state index in [9.17, 15) is 5.11 Å². The number of aromatic hydroxyl groups is 1. The van der Waals surface area contributed by atoms with E-state index in [-0.39, 0.29) is 5.75 Å². The first-order valence-corrected chi connectivity index (χ1v) is 8.64. The van der Waals surface area contributed by atoms with E-state index in [4.69, 9.17) is 14.2 Å². The van der Waals surface area contributed by atoms with E-state index < -0.39 is 0 Å². The van der Waals surface area contributed by atoms with E-state index in [0.717, 1.165) is 28.8 Å². The molecular weight excluding hydrogens is 318 g/mol. The number of phenolic OH excluding ortho intramolecular Hbond substituents is 1. The van der Waals surface area contributed by atoms with Crippen molar-refractivity contribution >= 4 is 0 Å². The van der Waals surface area contributed by atoms with Gasteiger partial charge >= 0.3 is 0 Å². The van der Waals surface area contributed by atoms with Crippen LogP contribution in [0.15, 0.2) is 24.3 Å². The van der Waals surface area contributed by atoms with E-state index in [1.165, 1.54) is 22.3 Å². The van der Waals surface area contributed by atoms with Gasteiger partial charge in [-0.2, -0.15) is 0 Å². The van der Waals surface area contributed by atoms with E-state index in [1.54, 1.807) is 7.11 Å². The highest BCUT2D eigenvalue weighted by Gasteiger charge is 2.49. The van der Waals surface area contributed by atoms with Crippen molar-refractivity contribution in [2.75, 3.05) is 28.0 Å². The van der Waals surface area contributed by atoms with Crippen molar-refractivity contribution in [1.82, 2.24) is 0 Å². The van der Waals surface area contributed by atoms with Crippen LogP contribution in [0.3, 0.4) is 0 Å². The number of benzene rings is 2. The fraction of sp³-hybridized carbons (Fsp3) is 0.400. The average molecular weight is 340 g/mol. The molecule has 130 valence electrons. The molecule has 0 aliphatic carbocycles. The van der Waals surface area contributed by atoms with Gasteiger partial charge in [0.25, 0.3) is 0 Å². The lowest BCUT2D eigenvalue weighted by Gasteiger charge is -2.52. The van der Waals surface area contributed by atoms with E-state index in [2.05, 4.69) is 26.2 Å². The third-order valence-electron chi connectivity index (χ3n) is 6.23. The predicted molar refractivity (Wildman–Crippen MR) is 92.2 cm³/mol. The minimum absolute atomic E-state index is 0.219. The van der Waals surface area contributed by atoms with Gasteiger partial charge in [-0.1, -0.05) is 0 Å². The monoisotopic (exact) mass is 340 g/mol. The fourth-order valence-corrected chi connectivity index (χ4v) is 4.81. The molecule has 3 heterocycles. The molecule has 3 aliphatic heterocycles. The summed E-state index contributed by atoms with van der Waals surface area (Å²) in [5, 5.41) is 10.3. The van der Waals surface area contributed by atoms with Crippen LogP contribution in [0.2, 0.25) is 0 Å². The molecule has 25 heavy (non-hydrogen) atoms. The number of phenols is 1. The number of likely N-dealkylation sites (N-methyl/N-ethyl adjacent to an activating group) is 1. The Morgan fingerprint density at radius 3 is 2.24 bits per heavy atom. The molecule has 0 amide bonds. The molecule has 0 aromatic heterocycles. The molecule has 2 aromatic carbocycles. The third kappa shape index (κ3) is 1.93. The maximum atomic E-state index is 10.3. The molecule has 0 radical (unpaired) electrons. The molecule has 0 unspecified atom stereocenters. The highest BCUT2D eigenvalue weighted by Crippen LogP contribution is 2.54. The van der Waals surface area contributed by atoms with Crippen LogP contribution in [0, 0.1) is 0 Å². The van der Waals surface area contributed by atoms with Crippen molar-refractivity contribution in [2.45, 2.75) is 24.9 Å². The van der Waals surface area contributed by atoms with Gasteiger partial charge in [0.15, 0.2) is 23.0 Å². The van der Waals surface area contributed by atoms with Crippen molar-refractivity contribution in [3.05, 3.63) is 46.5 Å². The summed E-state index contributed by atoms with van der Waals surface area (Å²) in [5.74, 6) is 2.47. The van der Waals surface area contributed by atoms with Crippen LogP contribution in [-0.4, -0.2) is 37.6 Å². The summed E-state index contributed by atoms with van der Waals surface area (Å²) in [5.41, 5.74) is 5.18. The van der Waals surface area contributed by atoms with Crippen LogP contribution < -0.4 is 14.2 Å². The standard InChI is InChI=1S/C20H21NO4/c1-21(2)15-5-12-7-19-20(25-10-24-19)9-14(12)16(21)4-11-6-18(23-3)17(22)8-13(11)15/h6-9,15-16H,4-5,10H2,1-3H3/p+1/t15-,16-/m0/s1. The van der Waals surface area contributed by atoms with Crippen LogP contribution in [0.1, 0.15) is 34.3 Å². The summed E-state index contributed by atoms with van der Waals surface area (Å²) in [6.45, 7) is 0.301.